The van der Waals surface area contributed by atoms with Crippen LogP contribution in [-0.4, -0.2) is 21.9 Å². The van der Waals surface area contributed by atoms with E-state index in [0.717, 1.165) is 16.7 Å². The molecule has 35 heavy (non-hydrogen) atoms. The van der Waals surface area contributed by atoms with Gasteiger partial charge in [-0.05, 0) is 65.1 Å². The third-order valence-electron chi connectivity index (χ3n) is 5.34. The zero-order valence-electron chi connectivity index (χ0n) is 19.6. The van der Waals surface area contributed by atoms with Crippen LogP contribution in [0.3, 0.4) is 0 Å². The molecule has 5 nitrogen and oxygen atoms in total. The summed E-state index contributed by atoms with van der Waals surface area (Å²) in [5.74, 6) is 1.73. The predicted molar refractivity (Wildman–Crippen MR) is 145 cm³/mol. The quantitative estimate of drug-likeness (QED) is 0.265. The Morgan fingerprint density at radius 3 is 2.09 bits per heavy atom. The summed E-state index contributed by atoms with van der Waals surface area (Å²) in [6.07, 6.45) is 0. The highest BCUT2D eigenvalue weighted by atomic mass is 35.5. The van der Waals surface area contributed by atoms with Crippen LogP contribution in [0.15, 0.2) is 71.1 Å². The Bertz CT molecular complexity index is 1310. The number of nitrogens with zero attached hydrogens (tertiary/aromatic N) is 2. The number of halogens is 2. The molecule has 3 aromatic carbocycles. The van der Waals surface area contributed by atoms with Gasteiger partial charge in [-0.25, -0.2) is 0 Å². The Balaban J connectivity index is 1.32. The van der Waals surface area contributed by atoms with Gasteiger partial charge in [-0.2, -0.15) is 0 Å². The zero-order chi connectivity index (χ0) is 25.0. The van der Waals surface area contributed by atoms with Crippen molar-refractivity contribution in [3.05, 3.63) is 87.9 Å². The molecule has 0 unspecified atom stereocenters. The molecule has 0 saturated heterocycles. The topological polar surface area (TPSA) is 68.0 Å². The van der Waals surface area contributed by atoms with E-state index in [-0.39, 0.29) is 11.3 Å². The molecule has 180 valence electrons. The molecule has 0 aliphatic rings. The summed E-state index contributed by atoms with van der Waals surface area (Å²) in [5.41, 5.74) is 4.62. The molecule has 0 bridgehead atoms. The second-order valence-electron chi connectivity index (χ2n) is 9.09. The van der Waals surface area contributed by atoms with Gasteiger partial charge in [-0.3, -0.25) is 4.79 Å². The molecule has 0 atom stereocenters. The molecule has 0 radical (unpaired) electrons. The van der Waals surface area contributed by atoms with E-state index < -0.39 is 0 Å². The zero-order valence-corrected chi connectivity index (χ0v) is 22.0. The first-order valence-electron chi connectivity index (χ1n) is 11.1. The van der Waals surface area contributed by atoms with Crippen LogP contribution in [0.5, 0.6) is 0 Å². The molecule has 0 aliphatic carbocycles. The number of carbonyl (C=O) groups is 1. The minimum absolute atomic E-state index is 0.0821. The lowest BCUT2D eigenvalue weighted by Crippen LogP contribution is -2.14. The smallest absolute Gasteiger partial charge is 0.248 e. The van der Waals surface area contributed by atoms with Crippen LogP contribution >= 0.6 is 35.0 Å². The maximum absolute atomic E-state index is 12.3. The van der Waals surface area contributed by atoms with Gasteiger partial charge in [0.25, 0.3) is 0 Å². The van der Waals surface area contributed by atoms with Crippen LogP contribution in [0.2, 0.25) is 10.0 Å². The Morgan fingerprint density at radius 2 is 1.51 bits per heavy atom. The minimum Gasteiger partial charge on any atom is -0.416 e. The highest BCUT2D eigenvalue weighted by molar-refractivity contribution is 7.99. The number of benzene rings is 3. The van der Waals surface area contributed by atoms with E-state index >= 15 is 0 Å². The van der Waals surface area contributed by atoms with Crippen molar-refractivity contribution in [1.82, 2.24) is 10.2 Å². The van der Waals surface area contributed by atoms with Crippen molar-refractivity contribution < 1.29 is 9.21 Å². The number of aromatic nitrogens is 2. The molecule has 0 aliphatic heterocycles. The van der Waals surface area contributed by atoms with Gasteiger partial charge in [0.15, 0.2) is 0 Å². The van der Waals surface area contributed by atoms with E-state index in [0.29, 0.717) is 39.0 Å². The van der Waals surface area contributed by atoms with Crippen molar-refractivity contribution in [3.63, 3.8) is 0 Å². The number of rotatable bonds is 7. The largest absolute Gasteiger partial charge is 0.416 e. The maximum Gasteiger partial charge on any atom is 0.248 e. The second-order valence-corrected chi connectivity index (χ2v) is 10.9. The fourth-order valence-electron chi connectivity index (χ4n) is 3.35. The lowest BCUT2D eigenvalue weighted by Gasteiger charge is -2.18. The molecule has 1 N–H and O–H groups in total. The van der Waals surface area contributed by atoms with Gasteiger partial charge in [0.1, 0.15) is 0 Å². The van der Waals surface area contributed by atoms with Crippen molar-refractivity contribution in [1.29, 1.82) is 0 Å². The van der Waals surface area contributed by atoms with Crippen LogP contribution < -0.4 is 5.32 Å². The summed E-state index contributed by atoms with van der Waals surface area (Å²) < 4.78 is 5.88. The Morgan fingerprint density at radius 1 is 0.914 bits per heavy atom. The van der Waals surface area contributed by atoms with Crippen molar-refractivity contribution >= 4 is 46.6 Å². The summed E-state index contributed by atoms with van der Waals surface area (Å²) in [6, 6.07) is 20.8. The van der Waals surface area contributed by atoms with Crippen LogP contribution in [-0.2, 0) is 16.0 Å². The monoisotopic (exact) mass is 525 g/mol. The van der Waals surface area contributed by atoms with Crippen molar-refractivity contribution in [2.24, 2.45) is 0 Å². The highest BCUT2D eigenvalue weighted by Gasteiger charge is 2.15. The molecular weight excluding hydrogens is 501 g/mol. The fourth-order valence-corrected chi connectivity index (χ4v) is 4.74. The van der Waals surface area contributed by atoms with E-state index in [1.54, 1.807) is 12.1 Å². The number of anilines is 1. The summed E-state index contributed by atoms with van der Waals surface area (Å²) in [5, 5.41) is 12.5. The van der Waals surface area contributed by atoms with Crippen molar-refractivity contribution in [2.75, 3.05) is 11.1 Å². The normalized spacial score (nSPS) is 11.5. The van der Waals surface area contributed by atoms with Gasteiger partial charge in [-0.1, -0.05) is 62.2 Å². The molecule has 1 heterocycles. The first-order valence-corrected chi connectivity index (χ1v) is 13.0. The van der Waals surface area contributed by atoms with Gasteiger partial charge in [-0.15, -0.1) is 22.0 Å². The van der Waals surface area contributed by atoms with Crippen LogP contribution in [0, 0.1) is 0 Å². The van der Waals surface area contributed by atoms with Gasteiger partial charge >= 0.3 is 0 Å². The van der Waals surface area contributed by atoms with Crippen LogP contribution in [0.4, 0.5) is 5.69 Å². The van der Waals surface area contributed by atoms with Crippen LogP contribution in [0.1, 0.15) is 31.9 Å². The molecule has 8 heteroatoms. The SMILES string of the molecule is CC(C)(C)c1ccc(-c2nnc(-c3ccc(NC(=O)CSCc4ccc(Cl)cc4Cl)cc3)o2)cc1. The van der Waals surface area contributed by atoms with Crippen LogP contribution in [0.25, 0.3) is 22.9 Å². The molecule has 0 fully saturated rings. The molecule has 0 saturated carbocycles. The number of amides is 1. The van der Waals surface area contributed by atoms with E-state index in [1.807, 2.05) is 42.5 Å². The molecule has 1 amide bonds. The number of thioether (sulfide) groups is 1. The first-order chi connectivity index (χ1) is 16.7. The van der Waals surface area contributed by atoms with E-state index in [4.69, 9.17) is 27.6 Å². The maximum atomic E-state index is 12.3. The summed E-state index contributed by atoms with van der Waals surface area (Å²) >= 11 is 13.6. The van der Waals surface area contributed by atoms with Gasteiger partial charge in [0.2, 0.25) is 17.7 Å². The predicted octanol–water partition coefficient (Wildman–Crippen LogP) is 7.88. The number of carbonyl (C=O) groups excluding carboxylic acids is 1. The number of hydrogen-bond acceptors (Lipinski definition) is 5. The molecule has 4 aromatic rings. The molecule has 4 rings (SSSR count). The number of hydrogen-bond donors (Lipinski definition) is 1. The summed E-state index contributed by atoms with van der Waals surface area (Å²) in [4.78, 5) is 12.3. The minimum atomic E-state index is -0.0911. The fraction of sp³-hybridized carbons (Fsp3) is 0.222. The van der Waals surface area contributed by atoms with Gasteiger partial charge in [0.05, 0.1) is 5.75 Å². The number of nitrogens with one attached hydrogen (secondary N) is 1. The lowest BCUT2D eigenvalue weighted by atomic mass is 9.87. The standard InChI is InChI=1S/C27H25Cl2N3O2S/c1-27(2,3)20-9-4-17(5-10-20)25-31-32-26(34-25)18-7-12-22(13-8-18)30-24(33)16-35-15-19-6-11-21(28)14-23(19)29/h4-14H,15-16H2,1-3H3,(H,30,33). The van der Waals surface area contributed by atoms with Gasteiger partial charge < -0.3 is 9.73 Å². The van der Waals surface area contributed by atoms with E-state index in [9.17, 15) is 4.79 Å². The van der Waals surface area contributed by atoms with E-state index in [1.165, 1.54) is 17.3 Å². The lowest BCUT2D eigenvalue weighted by molar-refractivity contribution is -0.113. The third kappa shape index (κ3) is 6.66. The Labute approximate surface area is 219 Å². The highest BCUT2D eigenvalue weighted by Crippen LogP contribution is 2.28. The molecule has 1 aromatic heterocycles. The second kappa shape index (κ2) is 10.9. The molecular formula is C27H25Cl2N3O2S. The average Bonchev–Trinajstić information content (AvgIpc) is 3.31. The van der Waals surface area contributed by atoms with Crippen molar-refractivity contribution in [3.8, 4) is 22.9 Å². The third-order valence-corrected chi connectivity index (χ3v) is 6.91. The van der Waals surface area contributed by atoms with Gasteiger partial charge in [0, 0.05) is 32.6 Å². The average molecular weight is 526 g/mol. The Hall–Kier alpha value is -2.80. The van der Waals surface area contributed by atoms with Crippen molar-refractivity contribution in [2.45, 2.75) is 31.9 Å². The van der Waals surface area contributed by atoms with E-state index in [2.05, 4.69) is 48.4 Å². The molecule has 0 spiro atoms. The summed E-state index contributed by atoms with van der Waals surface area (Å²) in [6.45, 7) is 6.53. The summed E-state index contributed by atoms with van der Waals surface area (Å²) in [7, 11) is 0. The first kappa shape index (κ1) is 25.3. The Kier molecular flexibility index (Phi) is 7.85.